The lowest BCUT2D eigenvalue weighted by atomic mass is 9.84. The van der Waals surface area contributed by atoms with Crippen LogP contribution in [0.25, 0.3) is 0 Å². The number of fused-ring (bicyclic) bond motifs is 1. The number of hydrogen-bond acceptors (Lipinski definition) is 2. The Hall–Kier alpha value is -1.06. The molecule has 1 aromatic carbocycles. The van der Waals surface area contributed by atoms with Gasteiger partial charge in [0.25, 0.3) is 0 Å². The molecule has 1 fully saturated rings. The molecule has 2 unspecified atom stereocenters. The number of amides is 1. The molecular weight excluding hydrogens is 272 g/mol. The first kappa shape index (κ1) is 13.9. The van der Waals surface area contributed by atoms with Gasteiger partial charge >= 0.3 is 0 Å². The highest BCUT2D eigenvalue weighted by atomic mass is 35.5. The summed E-state index contributed by atoms with van der Waals surface area (Å²) in [5, 5.41) is 7.48. The molecule has 3 rings (SSSR count). The quantitative estimate of drug-likeness (QED) is 0.880. The molecule has 3 nitrogen and oxygen atoms in total. The molecule has 1 amide bonds. The van der Waals surface area contributed by atoms with Crippen molar-refractivity contribution in [1.29, 1.82) is 0 Å². The van der Waals surface area contributed by atoms with E-state index in [1.54, 1.807) is 0 Å². The van der Waals surface area contributed by atoms with E-state index in [9.17, 15) is 4.79 Å². The van der Waals surface area contributed by atoms with E-state index in [1.165, 1.54) is 11.1 Å². The molecule has 1 aliphatic heterocycles. The number of rotatable bonds is 2. The zero-order chi connectivity index (χ0) is 14.3. The molecule has 20 heavy (non-hydrogen) atoms. The first-order chi connectivity index (χ1) is 9.45. The minimum atomic E-state index is 0.164. The van der Waals surface area contributed by atoms with Crippen molar-refractivity contribution < 1.29 is 4.79 Å². The van der Waals surface area contributed by atoms with E-state index in [2.05, 4.69) is 36.6 Å². The van der Waals surface area contributed by atoms with Gasteiger partial charge in [0.1, 0.15) is 0 Å². The van der Waals surface area contributed by atoms with Crippen LogP contribution in [-0.2, 0) is 11.2 Å². The van der Waals surface area contributed by atoms with Gasteiger partial charge in [0.2, 0.25) is 5.91 Å². The van der Waals surface area contributed by atoms with Gasteiger partial charge in [-0.2, -0.15) is 0 Å². The molecule has 0 radical (unpaired) electrons. The Kier molecular flexibility index (Phi) is 3.51. The fraction of sp³-hybridized carbons (Fsp3) is 0.562. The van der Waals surface area contributed by atoms with Crippen LogP contribution in [0.1, 0.15) is 43.9 Å². The van der Waals surface area contributed by atoms with Crippen molar-refractivity contribution in [2.24, 2.45) is 5.41 Å². The maximum atomic E-state index is 11.3. The number of piperidine rings is 1. The zero-order valence-corrected chi connectivity index (χ0v) is 12.8. The molecule has 1 saturated heterocycles. The largest absolute Gasteiger partial charge is 0.355 e. The second-order valence-electron chi connectivity index (χ2n) is 6.65. The molecule has 0 bridgehead atoms. The summed E-state index contributed by atoms with van der Waals surface area (Å²) in [6.07, 6.45) is 2.60. The third kappa shape index (κ3) is 2.57. The number of nitrogens with one attached hydrogen (secondary N) is 2. The predicted octanol–water partition coefficient (Wildman–Crippen LogP) is 2.83. The summed E-state index contributed by atoms with van der Waals surface area (Å²) in [4.78, 5) is 11.3. The van der Waals surface area contributed by atoms with Gasteiger partial charge in [-0.15, -0.1) is 0 Å². The minimum Gasteiger partial charge on any atom is -0.355 e. The van der Waals surface area contributed by atoms with Crippen LogP contribution in [0.15, 0.2) is 18.2 Å². The smallest absolute Gasteiger partial charge is 0.220 e. The summed E-state index contributed by atoms with van der Waals surface area (Å²) < 4.78 is 0. The van der Waals surface area contributed by atoms with Crippen LogP contribution >= 0.6 is 11.6 Å². The Morgan fingerprint density at radius 2 is 2.20 bits per heavy atom. The van der Waals surface area contributed by atoms with E-state index in [4.69, 9.17) is 11.6 Å². The molecule has 4 heteroatoms. The molecule has 108 valence electrons. The molecule has 1 heterocycles. The topological polar surface area (TPSA) is 41.1 Å². The van der Waals surface area contributed by atoms with Gasteiger partial charge in [-0.1, -0.05) is 31.5 Å². The lowest BCUT2D eigenvalue weighted by Gasteiger charge is -2.34. The second-order valence-corrected chi connectivity index (χ2v) is 7.08. The minimum absolute atomic E-state index is 0.164. The summed E-state index contributed by atoms with van der Waals surface area (Å²) in [6, 6.07) is 6.85. The predicted molar refractivity (Wildman–Crippen MR) is 80.8 cm³/mol. The van der Waals surface area contributed by atoms with E-state index in [0.29, 0.717) is 18.5 Å². The maximum absolute atomic E-state index is 11.3. The van der Waals surface area contributed by atoms with Gasteiger partial charge in [0.05, 0.1) is 0 Å². The lowest BCUT2D eigenvalue weighted by Crippen LogP contribution is -2.48. The Balaban J connectivity index is 1.81. The van der Waals surface area contributed by atoms with Gasteiger partial charge < -0.3 is 10.6 Å². The molecule has 2 atom stereocenters. The molecule has 2 aliphatic rings. The van der Waals surface area contributed by atoms with Gasteiger partial charge in [0.15, 0.2) is 0 Å². The van der Waals surface area contributed by atoms with Crippen LogP contribution in [0.2, 0.25) is 5.02 Å². The highest BCUT2D eigenvalue weighted by molar-refractivity contribution is 6.30. The first-order valence-corrected chi connectivity index (χ1v) is 7.64. The highest BCUT2D eigenvalue weighted by Crippen LogP contribution is 2.46. The molecular formula is C16H21ClN2O. The molecule has 0 aromatic heterocycles. The average molecular weight is 293 g/mol. The van der Waals surface area contributed by atoms with Gasteiger partial charge in [-0.05, 0) is 41.5 Å². The summed E-state index contributed by atoms with van der Waals surface area (Å²) >= 11 is 6.16. The van der Waals surface area contributed by atoms with Crippen LogP contribution < -0.4 is 10.6 Å². The summed E-state index contributed by atoms with van der Waals surface area (Å²) in [7, 11) is 0. The van der Waals surface area contributed by atoms with Crippen LogP contribution in [0, 0.1) is 5.41 Å². The van der Waals surface area contributed by atoms with E-state index >= 15 is 0 Å². The van der Waals surface area contributed by atoms with Crippen LogP contribution in [0.4, 0.5) is 0 Å². The summed E-state index contributed by atoms with van der Waals surface area (Å²) in [5.74, 6) is 0.164. The van der Waals surface area contributed by atoms with E-state index < -0.39 is 0 Å². The normalized spacial score (nSPS) is 28.1. The standard InChI is InChI=1S/C16H21ClN2O/c1-16(2)8-10-3-4-11(17)7-13(10)15(16)19-12-5-6-14(20)18-9-12/h3-4,7,12,15,19H,5-6,8-9H2,1-2H3,(H,18,20). The fourth-order valence-corrected chi connectivity index (χ4v) is 3.62. The van der Waals surface area contributed by atoms with Gasteiger partial charge in [-0.25, -0.2) is 0 Å². The van der Waals surface area contributed by atoms with Gasteiger partial charge in [-0.3, -0.25) is 4.79 Å². The van der Waals surface area contributed by atoms with E-state index in [1.807, 2.05) is 6.07 Å². The third-order valence-electron chi connectivity index (χ3n) is 4.51. The lowest BCUT2D eigenvalue weighted by molar-refractivity contribution is -0.122. The number of benzene rings is 1. The highest BCUT2D eigenvalue weighted by Gasteiger charge is 2.40. The van der Waals surface area contributed by atoms with Crippen molar-refractivity contribution >= 4 is 17.5 Å². The monoisotopic (exact) mass is 292 g/mol. The molecule has 0 saturated carbocycles. The average Bonchev–Trinajstić information content (AvgIpc) is 2.63. The van der Waals surface area contributed by atoms with E-state index in [0.717, 1.165) is 24.4 Å². The number of carbonyl (C=O) groups is 1. The molecule has 1 aromatic rings. The number of halogens is 1. The maximum Gasteiger partial charge on any atom is 0.220 e. The molecule has 0 spiro atoms. The Morgan fingerprint density at radius 3 is 2.90 bits per heavy atom. The van der Waals surface area contributed by atoms with Crippen LogP contribution in [0.3, 0.4) is 0 Å². The van der Waals surface area contributed by atoms with Gasteiger partial charge in [0, 0.05) is 30.1 Å². The Labute approximate surface area is 125 Å². The molecule has 1 aliphatic carbocycles. The SMILES string of the molecule is CC1(C)Cc2ccc(Cl)cc2C1NC1CCC(=O)NC1. The molecule has 2 N–H and O–H groups in total. The van der Waals surface area contributed by atoms with E-state index in [-0.39, 0.29) is 11.3 Å². The summed E-state index contributed by atoms with van der Waals surface area (Å²) in [5.41, 5.74) is 2.88. The Morgan fingerprint density at radius 1 is 1.40 bits per heavy atom. The first-order valence-electron chi connectivity index (χ1n) is 7.27. The zero-order valence-electron chi connectivity index (χ0n) is 12.0. The Bertz CT molecular complexity index is 531. The van der Waals surface area contributed by atoms with Crippen molar-refractivity contribution in [1.82, 2.24) is 10.6 Å². The fourth-order valence-electron chi connectivity index (χ4n) is 3.44. The van der Waals surface area contributed by atoms with Crippen molar-refractivity contribution in [3.05, 3.63) is 34.3 Å². The number of hydrogen-bond donors (Lipinski definition) is 2. The van der Waals surface area contributed by atoms with Crippen molar-refractivity contribution in [3.8, 4) is 0 Å². The van der Waals surface area contributed by atoms with Crippen molar-refractivity contribution in [3.63, 3.8) is 0 Å². The van der Waals surface area contributed by atoms with Crippen LogP contribution in [0.5, 0.6) is 0 Å². The third-order valence-corrected chi connectivity index (χ3v) is 4.75. The van der Waals surface area contributed by atoms with Crippen LogP contribution in [-0.4, -0.2) is 18.5 Å². The van der Waals surface area contributed by atoms with Crippen molar-refractivity contribution in [2.45, 2.75) is 45.2 Å². The second kappa shape index (κ2) is 5.05. The van der Waals surface area contributed by atoms with Crippen molar-refractivity contribution in [2.75, 3.05) is 6.54 Å². The number of carbonyl (C=O) groups excluding carboxylic acids is 1. The summed E-state index contributed by atoms with van der Waals surface area (Å²) in [6.45, 7) is 5.31.